The largest absolute Gasteiger partial charge is 0.493 e. The molecule has 37 heavy (non-hydrogen) atoms. The lowest BCUT2D eigenvalue weighted by atomic mass is 10.1. The molecule has 3 aromatic rings. The number of rotatable bonds is 9. The monoisotopic (exact) mass is 523 g/mol. The maximum absolute atomic E-state index is 13.1. The topological polar surface area (TPSA) is 88.1 Å². The fourth-order valence-corrected chi connectivity index (χ4v) is 4.94. The summed E-state index contributed by atoms with van der Waals surface area (Å²) in [6.07, 6.45) is 0.788. The Labute approximate surface area is 221 Å². The second-order valence-electron chi connectivity index (χ2n) is 8.88. The summed E-state index contributed by atoms with van der Waals surface area (Å²) >= 11 is 1.40. The van der Waals surface area contributed by atoms with E-state index in [9.17, 15) is 9.59 Å². The number of thiophene rings is 1. The summed E-state index contributed by atoms with van der Waals surface area (Å²) in [5.41, 5.74) is 1.62. The summed E-state index contributed by atoms with van der Waals surface area (Å²) in [6.45, 7) is 6.54. The number of carbonyl (C=O) groups is 2. The zero-order valence-electron chi connectivity index (χ0n) is 21.7. The van der Waals surface area contributed by atoms with Crippen LogP contribution in [0.15, 0.2) is 47.8 Å². The molecule has 2 aromatic heterocycles. The fraction of sp³-hybridized carbons (Fsp3) is 0.407. The highest BCUT2D eigenvalue weighted by Gasteiger charge is 2.28. The van der Waals surface area contributed by atoms with Crippen molar-refractivity contribution in [2.75, 3.05) is 51.8 Å². The minimum atomic E-state index is -0.0822. The fourth-order valence-electron chi connectivity index (χ4n) is 4.26. The van der Waals surface area contributed by atoms with Gasteiger partial charge in [0.1, 0.15) is 6.54 Å². The molecule has 4 rings (SSSR count). The highest BCUT2D eigenvalue weighted by molar-refractivity contribution is 7.12. The average molecular weight is 524 g/mol. The molecule has 0 N–H and O–H groups in total. The van der Waals surface area contributed by atoms with Crippen LogP contribution in [0, 0.1) is 0 Å². The second kappa shape index (κ2) is 12.1. The minimum Gasteiger partial charge on any atom is -0.493 e. The molecule has 9 nitrogen and oxygen atoms in total. The summed E-state index contributed by atoms with van der Waals surface area (Å²) < 4.78 is 10.7. The molecule has 2 amide bonds. The summed E-state index contributed by atoms with van der Waals surface area (Å²) in [5.74, 6) is 1.95. The maximum Gasteiger partial charge on any atom is 0.264 e. The Morgan fingerprint density at radius 3 is 2.38 bits per heavy atom. The lowest BCUT2D eigenvalue weighted by Gasteiger charge is -2.37. The molecule has 1 aromatic carbocycles. The standard InChI is InChI=1S/C27H33N5O4S/c1-5-19(2)32(27(34)24-7-6-16-37-24)18-26(33)31-14-12-30(13-15-31)25-11-9-21(28-29-25)20-8-10-22(35-3)23(17-20)36-4/h6-11,16-17,19H,5,12-15,18H2,1-4H3. The van der Waals surface area contributed by atoms with Crippen molar-refractivity contribution in [3.63, 3.8) is 0 Å². The highest BCUT2D eigenvalue weighted by atomic mass is 32.1. The van der Waals surface area contributed by atoms with Crippen LogP contribution in [0.4, 0.5) is 5.82 Å². The van der Waals surface area contributed by atoms with Crippen LogP contribution in [0.1, 0.15) is 29.9 Å². The van der Waals surface area contributed by atoms with Crippen LogP contribution in [0.25, 0.3) is 11.3 Å². The van der Waals surface area contributed by atoms with Crippen molar-refractivity contribution in [3.8, 4) is 22.8 Å². The molecule has 1 atom stereocenters. The summed E-state index contributed by atoms with van der Waals surface area (Å²) in [6, 6.07) is 13.2. The second-order valence-corrected chi connectivity index (χ2v) is 9.83. The Hall–Kier alpha value is -3.66. The smallest absolute Gasteiger partial charge is 0.264 e. The van der Waals surface area contributed by atoms with Crippen molar-refractivity contribution < 1.29 is 19.1 Å². The van der Waals surface area contributed by atoms with Crippen LogP contribution in [-0.2, 0) is 4.79 Å². The lowest BCUT2D eigenvalue weighted by molar-refractivity contribution is -0.132. The van der Waals surface area contributed by atoms with Gasteiger partial charge in [-0.25, -0.2) is 0 Å². The van der Waals surface area contributed by atoms with Crippen molar-refractivity contribution in [1.82, 2.24) is 20.0 Å². The predicted octanol–water partition coefficient (Wildman–Crippen LogP) is 3.81. The van der Waals surface area contributed by atoms with E-state index >= 15 is 0 Å². The van der Waals surface area contributed by atoms with Crippen LogP contribution < -0.4 is 14.4 Å². The van der Waals surface area contributed by atoms with E-state index in [0.717, 1.165) is 23.5 Å². The van der Waals surface area contributed by atoms with Gasteiger partial charge in [-0.15, -0.1) is 21.5 Å². The van der Waals surface area contributed by atoms with Crippen molar-refractivity contribution in [1.29, 1.82) is 0 Å². The van der Waals surface area contributed by atoms with Crippen molar-refractivity contribution in [2.45, 2.75) is 26.3 Å². The molecule has 10 heteroatoms. The molecule has 1 saturated heterocycles. The molecule has 3 heterocycles. The molecule has 1 unspecified atom stereocenters. The number of benzene rings is 1. The summed E-state index contributed by atoms with van der Waals surface area (Å²) in [4.78, 5) is 32.4. The molecule has 0 radical (unpaired) electrons. The summed E-state index contributed by atoms with van der Waals surface area (Å²) in [5, 5.41) is 10.7. The number of aromatic nitrogens is 2. The van der Waals surface area contributed by atoms with E-state index in [4.69, 9.17) is 9.47 Å². The van der Waals surface area contributed by atoms with Gasteiger partial charge in [0, 0.05) is 37.8 Å². The SMILES string of the molecule is CCC(C)N(CC(=O)N1CCN(c2ccc(-c3ccc(OC)c(OC)c3)nn2)CC1)C(=O)c1cccs1. The number of methoxy groups -OCH3 is 2. The van der Waals surface area contributed by atoms with Gasteiger partial charge in [-0.2, -0.15) is 0 Å². The molecule has 0 saturated carbocycles. The van der Waals surface area contributed by atoms with Gasteiger partial charge in [0.2, 0.25) is 5.91 Å². The number of amides is 2. The van der Waals surface area contributed by atoms with Crippen LogP contribution in [0.3, 0.4) is 0 Å². The molecular weight excluding hydrogens is 490 g/mol. The van der Waals surface area contributed by atoms with E-state index in [1.54, 1.807) is 19.1 Å². The first-order valence-electron chi connectivity index (χ1n) is 12.4. The number of ether oxygens (including phenoxy) is 2. The Morgan fingerprint density at radius 2 is 1.78 bits per heavy atom. The number of hydrogen-bond acceptors (Lipinski definition) is 8. The van der Waals surface area contributed by atoms with Gasteiger partial charge in [-0.1, -0.05) is 13.0 Å². The van der Waals surface area contributed by atoms with Crippen molar-refractivity contribution >= 4 is 29.0 Å². The molecule has 1 aliphatic heterocycles. The normalized spacial score (nSPS) is 14.3. The van der Waals surface area contributed by atoms with Crippen LogP contribution in [0.5, 0.6) is 11.5 Å². The third-order valence-electron chi connectivity index (χ3n) is 6.71. The van der Waals surface area contributed by atoms with Gasteiger partial charge >= 0.3 is 0 Å². The first kappa shape index (κ1) is 26.4. The van der Waals surface area contributed by atoms with Gasteiger partial charge in [0.15, 0.2) is 17.3 Å². The van der Waals surface area contributed by atoms with Gasteiger partial charge in [-0.05, 0) is 55.1 Å². The zero-order chi connectivity index (χ0) is 26.4. The van der Waals surface area contributed by atoms with E-state index in [1.807, 2.05) is 66.6 Å². The molecular formula is C27H33N5O4S. The molecule has 0 aliphatic carbocycles. The van der Waals surface area contributed by atoms with E-state index < -0.39 is 0 Å². The van der Waals surface area contributed by atoms with Crippen LogP contribution >= 0.6 is 11.3 Å². The van der Waals surface area contributed by atoms with Crippen LogP contribution in [-0.4, -0.2) is 84.8 Å². The molecule has 1 aliphatic rings. The Bertz CT molecular complexity index is 1190. The molecule has 0 spiro atoms. The van der Waals surface area contributed by atoms with E-state index in [-0.39, 0.29) is 24.4 Å². The quantitative estimate of drug-likeness (QED) is 0.421. The van der Waals surface area contributed by atoms with E-state index in [0.29, 0.717) is 42.6 Å². The van der Waals surface area contributed by atoms with E-state index in [1.165, 1.54) is 11.3 Å². The van der Waals surface area contributed by atoms with E-state index in [2.05, 4.69) is 15.1 Å². The minimum absolute atomic E-state index is 0.0145. The molecule has 196 valence electrons. The van der Waals surface area contributed by atoms with Crippen molar-refractivity contribution in [3.05, 3.63) is 52.7 Å². The number of carbonyl (C=O) groups excluding carboxylic acids is 2. The first-order chi connectivity index (χ1) is 17.9. The first-order valence-corrected chi connectivity index (χ1v) is 13.3. The molecule has 0 bridgehead atoms. The highest BCUT2D eigenvalue weighted by Crippen LogP contribution is 2.31. The Morgan fingerprint density at radius 1 is 1.03 bits per heavy atom. The Kier molecular flexibility index (Phi) is 8.60. The van der Waals surface area contributed by atoms with Gasteiger partial charge in [-0.3, -0.25) is 9.59 Å². The zero-order valence-corrected chi connectivity index (χ0v) is 22.5. The number of piperazine rings is 1. The Balaban J connectivity index is 1.36. The van der Waals surface area contributed by atoms with Crippen LogP contribution in [0.2, 0.25) is 0 Å². The third kappa shape index (κ3) is 6.02. The van der Waals surface area contributed by atoms with Crippen molar-refractivity contribution in [2.24, 2.45) is 0 Å². The maximum atomic E-state index is 13.1. The average Bonchev–Trinajstić information content (AvgIpc) is 3.50. The lowest BCUT2D eigenvalue weighted by Crippen LogP contribution is -2.53. The summed E-state index contributed by atoms with van der Waals surface area (Å²) in [7, 11) is 3.20. The number of anilines is 1. The number of hydrogen-bond donors (Lipinski definition) is 0. The predicted molar refractivity (Wildman–Crippen MR) is 144 cm³/mol. The van der Waals surface area contributed by atoms with Gasteiger partial charge in [0.05, 0.1) is 24.8 Å². The van der Waals surface area contributed by atoms with Gasteiger partial charge in [0.25, 0.3) is 5.91 Å². The third-order valence-corrected chi connectivity index (χ3v) is 7.57. The van der Waals surface area contributed by atoms with Gasteiger partial charge < -0.3 is 24.2 Å². The number of nitrogens with zero attached hydrogens (tertiary/aromatic N) is 5. The molecule has 1 fully saturated rings.